The van der Waals surface area contributed by atoms with Crippen molar-refractivity contribution >= 4 is 22.6 Å². The lowest BCUT2D eigenvalue weighted by molar-refractivity contribution is 0.288. The number of halogens is 1. The van der Waals surface area contributed by atoms with Crippen molar-refractivity contribution in [3.63, 3.8) is 0 Å². The van der Waals surface area contributed by atoms with Gasteiger partial charge in [0.25, 0.3) is 0 Å². The summed E-state index contributed by atoms with van der Waals surface area (Å²) in [5.74, 6) is 1.78. The third-order valence-electron chi connectivity index (χ3n) is 4.24. The van der Waals surface area contributed by atoms with Crippen LogP contribution >= 0.6 is 11.6 Å². The molecule has 0 aliphatic carbocycles. The Balaban J connectivity index is 2.13. The normalized spacial score (nSPS) is 23.4. The van der Waals surface area contributed by atoms with Crippen LogP contribution in [-0.2, 0) is 6.54 Å². The molecule has 1 aliphatic rings. The monoisotopic (exact) mass is 291 g/mol. The maximum Gasteiger partial charge on any atom is 0.127 e. The van der Waals surface area contributed by atoms with Gasteiger partial charge in [-0.25, -0.2) is 4.98 Å². The van der Waals surface area contributed by atoms with Crippen LogP contribution in [0.3, 0.4) is 0 Å². The van der Waals surface area contributed by atoms with Crippen LogP contribution in [0.2, 0.25) is 5.02 Å². The van der Waals surface area contributed by atoms with Gasteiger partial charge < -0.3 is 9.88 Å². The Hall–Kier alpha value is -1.06. The van der Waals surface area contributed by atoms with Crippen molar-refractivity contribution in [2.75, 3.05) is 6.54 Å². The Bertz CT molecular complexity index is 605. The van der Waals surface area contributed by atoms with Gasteiger partial charge in [-0.3, -0.25) is 0 Å². The number of benzene rings is 1. The molecule has 20 heavy (non-hydrogen) atoms. The van der Waals surface area contributed by atoms with Gasteiger partial charge in [-0.05, 0) is 43.9 Å². The molecule has 2 atom stereocenters. The van der Waals surface area contributed by atoms with E-state index < -0.39 is 0 Å². The first-order valence-electron chi connectivity index (χ1n) is 7.60. The van der Waals surface area contributed by atoms with Crippen molar-refractivity contribution in [3.05, 3.63) is 29.0 Å². The molecule has 2 aromatic rings. The SMILES string of the molecule is CCCn1c(C2NCCCC2C)nc2cccc(Cl)c21. The second-order valence-electron chi connectivity index (χ2n) is 5.78. The van der Waals surface area contributed by atoms with Gasteiger partial charge >= 0.3 is 0 Å². The Labute approximate surface area is 125 Å². The molecule has 1 aliphatic heterocycles. The summed E-state index contributed by atoms with van der Waals surface area (Å²) in [7, 11) is 0. The number of imidazole rings is 1. The molecule has 2 heterocycles. The minimum atomic E-state index is 0.346. The molecule has 1 N–H and O–H groups in total. The summed E-state index contributed by atoms with van der Waals surface area (Å²) < 4.78 is 2.32. The van der Waals surface area contributed by atoms with Crippen LogP contribution in [0.15, 0.2) is 18.2 Å². The molecule has 1 aromatic carbocycles. The first-order valence-corrected chi connectivity index (χ1v) is 7.98. The van der Waals surface area contributed by atoms with Gasteiger partial charge in [-0.2, -0.15) is 0 Å². The van der Waals surface area contributed by atoms with Gasteiger partial charge in [-0.15, -0.1) is 0 Å². The van der Waals surface area contributed by atoms with Gasteiger partial charge in [0.15, 0.2) is 0 Å². The van der Waals surface area contributed by atoms with E-state index in [0.717, 1.165) is 41.4 Å². The molecule has 1 saturated heterocycles. The van der Waals surface area contributed by atoms with Crippen LogP contribution in [0.25, 0.3) is 11.0 Å². The third kappa shape index (κ3) is 2.33. The van der Waals surface area contributed by atoms with E-state index in [9.17, 15) is 0 Å². The second kappa shape index (κ2) is 5.74. The summed E-state index contributed by atoms with van der Waals surface area (Å²) >= 11 is 6.41. The number of aryl methyl sites for hydroxylation is 1. The van der Waals surface area contributed by atoms with E-state index in [-0.39, 0.29) is 0 Å². The minimum absolute atomic E-state index is 0.346. The second-order valence-corrected chi connectivity index (χ2v) is 6.19. The molecular formula is C16H22ClN3. The molecule has 0 bridgehead atoms. The summed E-state index contributed by atoms with van der Waals surface area (Å²) in [6, 6.07) is 6.35. The first-order chi connectivity index (χ1) is 9.72. The highest BCUT2D eigenvalue weighted by molar-refractivity contribution is 6.35. The first kappa shape index (κ1) is 13.9. The zero-order valence-corrected chi connectivity index (χ0v) is 13.0. The largest absolute Gasteiger partial charge is 0.325 e. The molecule has 2 unspecified atom stereocenters. The van der Waals surface area contributed by atoms with E-state index in [2.05, 4.69) is 29.8 Å². The van der Waals surface area contributed by atoms with E-state index in [0.29, 0.717) is 12.0 Å². The van der Waals surface area contributed by atoms with Gasteiger partial charge in [0.05, 0.1) is 22.1 Å². The van der Waals surface area contributed by atoms with Crippen LogP contribution in [-0.4, -0.2) is 16.1 Å². The highest BCUT2D eigenvalue weighted by Crippen LogP contribution is 2.33. The van der Waals surface area contributed by atoms with E-state index in [1.807, 2.05) is 12.1 Å². The number of hydrogen-bond donors (Lipinski definition) is 1. The number of nitrogens with zero attached hydrogens (tertiary/aromatic N) is 2. The molecule has 4 heteroatoms. The van der Waals surface area contributed by atoms with E-state index in [1.54, 1.807) is 0 Å². The van der Waals surface area contributed by atoms with Gasteiger partial charge in [0, 0.05) is 6.54 Å². The van der Waals surface area contributed by atoms with E-state index in [4.69, 9.17) is 16.6 Å². The van der Waals surface area contributed by atoms with Crippen molar-refractivity contribution in [3.8, 4) is 0 Å². The Morgan fingerprint density at radius 2 is 2.30 bits per heavy atom. The number of para-hydroxylation sites is 1. The maximum absolute atomic E-state index is 6.41. The predicted octanol–water partition coefficient (Wildman–Crippen LogP) is 4.16. The Morgan fingerprint density at radius 1 is 1.45 bits per heavy atom. The molecule has 0 spiro atoms. The summed E-state index contributed by atoms with van der Waals surface area (Å²) in [4.78, 5) is 4.88. The molecule has 0 saturated carbocycles. The van der Waals surface area contributed by atoms with Gasteiger partial charge in [0.2, 0.25) is 0 Å². The third-order valence-corrected chi connectivity index (χ3v) is 4.55. The number of nitrogens with one attached hydrogen (secondary N) is 1. The summed E-state index contributed by atoms with van der Waals surface area (Å²) in [6.07, 6.45) is 3.61. The van der Waals surface area contributed by atoms with Crippen LogP contribution in [0.1, 0.15) is 45.0 Å². The quantitative estimate of drug-likeness (QED) is 0.920. The fourth-order valence-electron chi connectivity index (χ4n) is 3.24. The molecule has 3 rings (SSSR count). The molecular weight excluding hydrogens is 270 g/mol. The van der Waals surface area contributed by atoms with E-state index >= 15 is 0 Å². The summed E-state index contributed by atoms with van der Waals surface area (Å²) in [5.41, 5.74) is 2.10. The molecule has 0 amide bonds. The summed E-state index contributed by atoms with van der Waals surface area (Å²) in [5, 5.41) is 4.44. The number of piperidine rings is 1. The van der Waals surface area contributed by atoms with Crippen LogP contribution in [0.5, 0.6) is 0 Å². The van der Waals surface area contributed by atoms with Crippen LogP contribution in [0.4, 0.5) is 0 Å². The Kier molecular flexibility index (Phi) is 3.99. The van der Waals surface area contributed by atoms with Gasteiger partial charge in [-0.1, -0.05) is 31.5 Å². The highest BCUT2D eigenvalue weighted by atomic mass is 35.5. The van der Waals surface area contributed by atoms with Crippen molar-refractivity contribution in [2.45, 2.75) is 45.7 Å². The average Bonchev–Trinajstić information content (AvgIpc) is 2.80. The number of hydrogen-bond acceptors (Lipinski definition) is 2. The van der Waals surface area contributed by atoms with Crippen molar-refractivity contribution in [1.82, 2.24) is 14.9 Å². The number of aromatic nitrogens is 2. The lowest BCUT2D eigenvalue weighted by Crippen LogP contribution is -2.34. The minimum Gasteiger partial charge on any atom is -0.325 e. The lowest BCUT2D eigenvalue weighted by atomic mass is 9.92. The van der Waals surface area contributed by atoms with Crippen LogP contribution < -0.4 is 5.32 Å². The fraction of sp³-hybridized carbons (Fsp3) is 0.562. The topological polar surface area (TPSA) is 29.9 Å². The molecule has 1 aromatic heterocycles. The summed E-state index contributed by atoms with van der Waals surface area (Å²) in [6.45, 7) is 6.57. The predicted molar refractivity (Wildman–Crippen MR) is 84.2 cm³/mol. The van der Waals surface area contributed by atoms with Crippen molar-refractivity contribution in [2.24, 2.45) is 5.92 Å². The van der Waals surface area contributed by atoms with E-state index in [1.165, 1.54) is 12.8 Å². The molecule has 3 nitrogen and oxygen atoms in total. The lowest BCUT2D eigenvalue weighted by Gasteiger charge is -2.30. The Morgan fingerprint density at radius 3 is 3.05 bits per heavy atom. The van der Waals surface area contributed by atoms with Crippen LogP contribution in [0, 0.1) is 5.92 Å². The fourth-order valence-corrected chi connectivity index (χ4v) is 3.51. The molecule has 108 valence electrons. The molecule has 0 radical (unpaired) electrons. The maximum atomic E-state index is 6.41. The number of fused-ring (bicyclic) bond motifs is 1. The zero-order chi connectivity index (χ0) is 14.1. The number of rotatable bonds is 3. The highest BCUT2D eigenvalue weighted by Gasteiger charge is 2.27. The molecule has 1 fully saturated rings. The van der Waals surface area contributed by atoms with Crippen molar-refractivity contribution < 1.29 is 0 Å². The van der Waals surface area contributed by atoms with Gasteiger partial charge in [0.1, 0.15) is 5.82 Å². The standard InChI is InChI=1S/C16H22ClN3/c1-3-10-20-15-12(17)7-4-8-13(15)19-16(20)14-11(2)6-5-9-18-14/h4,7-8,11,14,18H,3,5-6,9-10H2,1-2H3. The van der Waals surface area contributed by atoms with Crippen molar-refractivity contribution in [1.29, 1.82) is 0 Å². The average molecular weight is 292 g/mol. The smallest absolute Gasteiger partial charge is 0.127 e. The zero-order valence-electron chi connectivity index (χ0n) is 12.2.